The Labute approximate surface area is 173 Å². The number of aryl methyl sites for hydroxylation is 1. The topological polar surface area (TPSA) is 158 Å². The first-order valence-corrected chi connectivity index (χ1v) is 9.57. The number of hydrogen-bond acceptors (Lipinski definition) is 5. The molecule has 3 rings (SSSR count). The van der Waals surface area contributed by atoms with Gasteiger partial charge in [0.2, 0.25) is 11.8 Å². The number of carbonyl (C=O) groups is 3. The molecular weight excluding hydrogens is 386 g/mol. The van der Waals surface area contributed by atoms with Crippen LogP contribution in [0.25, 0.3) is 0 Å². The molecule has 2 unspecified atom stereocenters. The highest BCUT2D eigenvalue weighted by Crippen LogP contribution is 2.36. The molecule has 156 valence electrons. The Morgan fingerprint density at radius 1 is 1.07 bits per heavy atom. The molecule has 1 aliphatic carbocycles. The minimum atomic E-state index is -0.928. The molecule has 2 amide bonds. The molecule has 2 atom stereocenters. The van der Waals surface area contributed by atoms with Crippen LogP contribution in [0.1, 0.15) is 30.4 Å². The van der Waals surface area contributed by atoms with Crippen LogP contribution in [0.15, 0.2) is 42.6 Å². The molecule has 0 aliphatic heterocycles. The predicted octanol–water partition coefficient (Wildman–Crippen LogP) is 1.99. The summed E-state index contributed by atoms with van der Waals surface area (Å²) in [7, 11) is 0. The minimum Gasteiger partial charge on any atom is -0.481 e. The van der Waals surface area contributed by atoms with Gasteiger partial charge in [0, 0.05) is 35.7 Å². The number of nitrogens with zero attached hydrogens (tertiary/aromatic N) is 1. The van der Waals surface area contributed by atoms with Gasteiger partial charge in [-0.15, -0.1) is 0 Å². The van der Waals surface area contributed by atoms with E-state index in [1.54, 1.807) is 36.4 Å². The lowest BCUT2D eigenvalue weighted by Gasteiger charge is -2.34. The van der Waals surface area contributed by atoms with Gasteiger partial charge in [-0.1, -0.05) is 6.07 Å². The maximum absolute atomic E-state index is 12.7. The van der Waals surface area contributed by atoms with E-state index in [0.717, 1.165) is 0 Å². The second-order valence-corrected chi connectivity index (χ2v) is 7.16. The van der Waals surface area contributed by atoms with Gasteiger partial charge in [0.1, 0.15) is 11.7 Å². The highest BCUT2D eigenvalue weighted by Gasteiger charge is 2.41. The van der Waals surface area contributed by atoms with Gasteiger partial charge in [0.15, 0.2) is 0 Å². The van der Waals surface area contributed by atoms with Gasteiger partial charge in [-0.05, 0) is 55.2 Å². The Kier molecular flexibility index (Phi) is 6.41. The van der Waals surface area contributed by atoms with Crippen molar-refractivity contribution in [3.8, 4) is 0 Å². The third-order valence-corrected chi connectivity index (χ3v) is 5.15. The number of carboxylic acid groups (broad SMARTS) is 1. The monoisotopic (exact) mass is 409 g/mol. The molecule has 0 bridgehead atoms. The van der Waals surface area contributed by atoms with E-state index in [9.17, 15) is 14.4 Å². The molecule has 9 nitrogen and oxygen atoms in total. The molecule has 1 aromatic heterocycles. The van der Waals surface area contributed by atoms with E-state index in [0.29, 0.717) is 35.5 Å². The molecule has 6 N–H and O–H groups in total. The van der Waals surface area contributed by atoms with Crippen molar-refractivity contribution >= 4 is 35.1 Å². The molecule has 0 spiro atoms. The Bertz CT molecular complexity index is 974. The van der Waals surface area contributed by atoms with Gasteiger partial charge >= 0.3 is 5.97 Å². The molecule has 9 heteroatoms. The highest BCUT2D eigenvalue weighted by atomic mass is 16.4. The van der Waals surface area contributed by atoms with Gasteiger partial charge < -0.3 is 21.5 Å². The molecule has 0 saturated heterocycles. The lowest BCUT2D eigenvalue weighted by molar-refractivity contribution is -0.137. The molecule has 1 heterocycles. The van der Waals surface area contributed by atoms with Crippen molar-refractivity contribution in [2.75, 3.05) is 10.6 Å². The Morgan fingerprint density at radius 3 is 2.27 bits per heavy atom. The van der Waals surface area contributed by atoms with Gasteiger partial charge in [0.05, 0.1) is 0 Å². The Morgan fingerprint density at radius 2 is 1.70 bits per heavy atom. The number of amides is 2. The minimum absolute atomic E-state index is 0.0548. The number of carboxylic acids is 1. The van der Waals surface area contributed by atoms with Crippen LogP contribution in [0.2, 0.25) is 0 Å². The number of nitrogen functional groups attached to an aromatic ring is 1. The SMILES string of the molecule is N=C(N)c1ccc(NC(=O)C2CCC2C(=O)Nc2ncccc2CCC(=O)O)cc1. The number of carbonyl (C=O) groups excluding carboxylic acids is 2. The van der Waals surface area contributed by atoms with Gasteiger partial charge in [-0.3, -0.25) is 19.8 Å². The second-order valence-electron chi connectivity index (χ2n) is 7.16. The Balaban J connectivity index is 1.60. The number of nitrogens with one attached hydrogen (secondary N) is 3. The molecule has 0 radical (unpaired) electrons. The average molecular weight is 409 g/mol. The van der Waals surface area contributed by atoms with Crippen molar-refractivity contribution in [1.82, 2.24) is 4.98 Å². The summed E-state index contributed by atoms with van der Waals surface area (Å²) < 4.78 is 0. The average Bonchev–Trinajstić information content (AvgIpc) is 2.66. The van der Waals surface area contributed by atoms with E-state index >= 15 is 0 Å². The van der Waals surface area contributed by atoms with Crippen LogP contribution in [0.4, 0.5) is 11.5 Å². The van der Waals surface area contributed by atoms with Gasteiger partial charge in [-0.2, -0.15) is 0 Å². The summed E-state index contributed by atoms with van der Waals surface area (Å²) in [5.41, 5.74) is 7.18. The van der Waals surface area contributed by atoms with Crippen LogP contribution in [-0.4, -0.2) is 33.7 Å². The van der Waals surface area contributed by atoms with Crippen molar-refractivity contribution in [1.29, 1.82) is 5.41 Å². The van der Waals surface area contributed by atoms with Crippen LogP contribution < -0.4 is 16.4 Å². The fourth-order valence-corrected chi connectivity index (χ4v) is 3.30. The summed E-state index contributed by atoms with van der Waals surface area (Å²) in [5.74, 6) is -2.13. The number of benzene rings is 1. The number of aliphatic carboxylic acids is 1. The number of pyridine rings is 1. The zero-order chi connectivity index (χ0) is 21.7. The Hall–Kier alpha value is -3.75. The first-order valence-electron chi connectivity index (χ1n) is 9.57. The highest BCUT2D eigenvalue weighted by molar-refractivity contribution is 6.01. The number of amidine groups is 1. The van der Waals surface area contributed by atoms with Crippen molar-refractivity contribution in [3.63, 3.8) is 0 Å². The lowest BCUT2D eigenvalue weighted by atomic mass is 9.72. The van der Waals surface area contributed by atoms with Crippen LogP contribution in [0, 0.1) is 17.2 Å². The van der Waals surface area contributed by atoms with Crippen molar-refractivity contribution in [3.05, 3.63) is 53.7 Å². The number of rotatable bonds is 8. The maximum Gasteiger partial charge on any atom is 0.303 e. The van der Waals surface area contributed by atoms with E-state index in [1.807, 2.05) is 0 Å². The largest absolute Gasteiger partial charge is 0.481 e. The normalized spacial score (nSPS) is 17.5. The fraction of sp³-hybridized carbons (Fsp3) is 0.286. The predicted molar refractivity (Wildman–Crippen MR) is 111 cm³/mol. The zero-order valence-electron chi connectivity index (χ0n) is 16.2. The molecule has 1 saturated carbocycles. The number of aromatic nitrogens is 1. The first kappa shape index (κ1) is 21.0. The van der Waals surface area contributed by atoms with Crippen LogP contribution in [-0.2, 0) is 20.8 Å². The smallest absolute Gasteiger partial charge is 0.303 e. The molecular formula is C21H23N5O4. The van der Waals surface area contributed by atoms with E-state index in [1.165, 1.54) is 6.20 Å². The first-order chi connectivity index (χ1) is 14.3. The number of hydrogen-bond donors (Lipinski definition) is 5. The quantitative estimate of drug-likeness (QED) is 0.331. The summed E-state index contributed by atoms with van der Waals surface area (Å²) in [6, 6.07) is 10.0. The van der Waals surface area contributed by atoms with Crippen LogP contribution >= 0.6 is 0 Å². The third-order valence-electron chi connectivity index (χ3n) is 5.15. The van der Waals surface area contributed by atoms with Crippen LogP contribution in [0.3, 0.4) is 0 Å². The molecule has 2 aromatic rings. The van der Waals surface area contributed by atoms with Gasteiger partial charge in [-0.25, -0.2) is 4.98 Å². The standard InChI is InChI=1S/C21H23N5O4/c22-18(23)12-3-6-14(7-4-12)25-20(29)15-8-9-16(15)21(30)26-19-13(2-1-11-24-19)5-10-17(27)28/h1-4,6-7,11,15-16H,5,8-10H2,(H3,22,23)(H,25,29)(H,27,28)(H,24,26,30). The molecule has 1 aliphatic rings. The summed E-state index contributed by atoms with van der Waals surface area (Å²) in [6.07, 6.45) is 2.90. The van der Waals surface area contributed by atoms with Crippen molar-refractivity contribution < 1.29 is 19.5 Å². The number of nitrogens with two attached hydrogens (primary N) is 1. The summed E-state index contributed by atoms with van der Waals surface area (Å²) in [6.45, 7) is 0. The maximum atomic E-state index is 12.7. The van der Waals surface area contributed by atoms with E-state index in [4.69, 9.17) is 16.2 Å². The summed E-state index contributed by atoms with van der Waals surface area (Å²) >= 11 is 0. The second kappa shape index (κ2) is 9.17. The van der Waals surface area contributed by atoms with E-state index in [-0.39, 0.29) is 30.5 Å². The molecule has 30 heavy (non-hydrogen) atoms. The third kappa shape index (κ3) is 4.99. The molecule has 1 aromatic carbocycles. The zero-order valence-corrected chi connectivity index (χ0v) is 16.2. The van der Waals surface area contributed by atoms with Gasteiger partial charge in [0.25, 0.3) is 0 Å². The van der Waals surface area contributed by atoms with E-state index in [2.05, 4.69) is 15.6 Å². The lowest BCUT2D eigenvalue weighted by Crippen LogP contribution is -2.43. The van der Waals surface area contributed by atoms with Crippen molar-refractivity contribution in [2.45, 2.75) is 25.7 Å². The molecule has 1 fully saturated rings. The summed E-state index contributed by atoms with van der Waals surface area (Å²) in [5, 5.41) is 21.8. The summed E-state index contributed by atoms with van der Waals surface area (Å²) in [4.78, 5) is 40.2. The van der Waals surface area contributed by atoms with Crippen molar-refractivity contribution in [2.24, 2.45) is 17.6 Å². The number of anilines is 2. The van der Waals surface area contributed by atoms with E-state index < -0.39 is 17.8 Å². The fourth-order valence-electron chi connectivity index (χ4n) is 3.30. The van der Waals surface area contributed by atoms with Crippen LogP contribution in [0.5, 0.6) is 0 Å².